The quantitative estimate of drug-likeness (QED) is 0.525. The summed E-state index contributed by atoms with van der Waals surface area (Å²) in [6.45, 7) is 1.77. The molecule has 0 radical (unpaired) electrons. The summed E-state index contributed by atoms with van der Waals surface area (Å²) in [5.41, 5.74) is 4.22. The number of carbonyl (C=O) groups excluding carboxylic acids is 3. The Bertz CT molecular complexity index is 1270. The number of piperidine rings is 1. The zero-order valence-electron chi connectivity index (χ0n) is 21.7. The summed E-state index contributed by atoms with van der Waals surface area (Å²) in [7, 11) is 0. The third-order valence-electron chi connectivity index (χ3n) is 9.84. The molecule has 2 aliphatic heterocycles. The van der Waals surface area contributed by atoms with E-state index >= 15 is 0 Å². The maximum absolute atomic E-state index is 13.0. The van der Waals surface area contributed by atoms with E-state index in [1.54, 1.807) is 11.0 Å². The lowest BCUT2D eigenvalue weighted by atomic mass is 9.80. The SMILES string of the molecule is O=C1CCC(N2Cc3c(OCc4ccc(CCNC56CC7CC(CC5C7)C6)cc4)cccc3C2=O)C(=O)N1. The first kappa shape index (κ1) is 23.9. The Balaban J connectivity index is 0.947. The highest BCUT2D eigenvalue weighted by Gasteiger charge is 2.57. The van der Waals surface area contributed by atoms with E-state index < -0.39 is 11.9 Å². The predicted octanol–water partition coefficient (Wildman–Crippen LogP) is 3.74. The van der Waals surface area contributed by atoms with Crippen molar-refractivity contribution in [2.75, 3.05) is 6.54 Å². The number of ether oxygens (including phenoxy) is 1. The molecule has 6 aliphatic rings. The lowest BCUT2D eigenvalue weighted by Gasteiger charge is -2.34. The highest BCUT2D eigenvalue weighted by atomic mass is 16.5. The highest BCUT2D eigenvalue weighted by molar-refractivity contribution is 6.05. The molecule has 8 rings (SSSR count). The van der Waals surface area contributed by atoms with Gasteiger partial charge in [0.15, 0.2) is 0 Å². The summed E-state index contributed by atoms with van der Waals surface area (Å²) >= 11 is 0. The van der Waals surface area contributed by atoms with Gasteiger partial charge in [0, 0.05) is 23.1 Å². The van der Waals surface area contributed by atoms with Crippen molar-refractivity contribution in [3.63, 3.8) is 0 Å². The molecule has 2 aromatic carbocycles. The molecule has 3 unspecified atom stereocenters. The fourth-order valence-electron chi connectivity index (χ4n) is 8.20. The van der Waals surface area contributed by atoms with Crippen LogP contribution >= 0.6 is 0 Å². The minimum atomic E-state index is -0.624. The predicted molar refractivity (Wildman–Crippen MR) is 141 cm³/mol. The highest BCUT2D eigenvalue weighted by Crippen LogP contribution is 2.60. The molecule has 0 spiro atoms. The summed E-state index contributed by atoms with van der Waals surface area (Å²) < 4.78 is 6.17. The molecule has 198 valence electrons. The number of rotatable bonds is 8. The average Bonchev–Trinajstić information content (AvgIpc) is 3.45. The van der Waals surface area contributed by atoms with Gasteiger partial charge in [-0.1, -0.05) is 30.3 Å². The summed E-state index contributed by atoms with van der Waals surface area (Å²) in [5, 5.41) is 6.34. The van der Waals surface area contributed by atoms with Gasteiger partial charge in [0.2, 0.25) is 11.8 Å². The monoisotopic (exact) mass is 513 g/mol. The largest absolute Gasteiger partial charge is 0.489 e. The minimum absolute atomic E-state index is 0.184. The van der Waals surface area contributed by atoms with Crippen LogP contribution in [-0.2, 0) is 29.2 Å². The molecule has 1 saturated heterocycles. The van der Waals surface area contributed by atoms with Crippen molar-refractivity contribution in [3.05, 3.63) is 64.7 Å². The van der Waals surface area contributed by atoms with E-state index in [9.17, 15) is 14.4 Å². The smallest absolute Gasteiger partial charge is 0.255 e. The summed E-state index contributed by atoms with van der Waals surface area (Å²) in [4.78, 5) is 38.5. The Kier molecular flexibility index (Phi) is 5.80. The Labute approximate surface area is 223 Å². The van der Waals surface area contributed by atoms with E-state index in [1.807, 2.05) is 12.1 Å². The van der Waals surface area contributed by atoms with Crippen LogP contribution in [0.2, 0.25) is 0 Å². The fraction of sp³-hybridized carbons (Fsp3) is 0.516. The first-order valence-electron chi connectivity index (χ1n) is 14.2. The number of fused-ring (bicyclic) bond motifs is 1. The second kappa shape index (κ2) is 9.23. The van der Waals surface area contributed by atoms with Crippen molar-refractivity contribution in [1.29, 1.82) is 0 Å². The van der Waals surface area contributed by atoms with Crippen molar-refractivity contribution < 1.29 is 19.1 Å². The molecule has 4 bridgehead atoms. The van der Waals surface area contributed by atoms with Crippen LogP contribution in [0.3, 0.4) is 0 Å². The average molecular weight is 514 g/mol. The van der Waals surface area contributed by atoms with Crippen molar-refractivity contribution in [1.82, 2.24) is 15.5 Å². The van der Waals surface area contributed by atoms with Crippen LogP contribution in [-0.4, -0.2) is 40.7 Å². The van der Waals surface area contributed by atoms with Crippen LogP contribution in [0, 0.1) is 17.8 Å². The minimum Gasteiger partial charge on any atom is -0.489 e. The van der Waals surface area contributed by atoms with Crippen LogP contribution < -0.4 is 15.4 Å². The van der Waals surface area contributed by atoms with Crippen LogP contribution in [0.25, 0.3) is 0 Å². The van der Waals surface area contributed by atoms with Crippen molar-refractivity contribution in [2.24, 2.45) is 17.8 Å². The number of amides is 3. The maximum Gasteiger partial charge on any atom is 0.255 e. The Hall–Kier alpha value is -3.19. The lowest BCUT2D eigenvalue weighted by Crippen LogP contribution is -2.52. The van der Waals surface area contributed by atoms with Gasteiger partial charge in [-0.05, 0) is 92.5 Å². The van der Waals surface area contributed by atoms with E-state index in [0.29, 0.717) is 36.4 Å². The Morgan fingerprint density at radius 2 is 1.74 bits per heavy atom. The first-order chi connectivity index (χ1) is 18.5. The van der Waals surface area contributed by atoms with Gasteiger partial charge in [-0.15, -0.1) is 0 Å². The van der Waals surface area contributed by atoms with E-state index in [2.05, 4.69) is 34.9 Å². The molecule has 38 heavy (non-hydrogen) atoms. The first-order valence-corrected chi connectivity index (χ1v) is 14.2. The van der Waals surface area contributed by atoms with Gasteiger partial charge in [-0.2, -0.15) is 0 Å². The van der Waals surface area contributed by atoms with Crippen LogP contribution in [0.1, 0.15) is 72.0 Å². The number of nitrogens with zero attached hydrogens (tertiary/aromatic N) is 1. The molecule has 4 saturated carbocycles. The number of benzene rings is 2. The second-order valence-electron chi connectivity index (χ2n) is 12.2. The van der Waals surface area contributed by atoms with E-state index in [-0.39, 0.29) is 18.2 Å². The molecular weight excluding hydrogens is 478 g/mol. The molecule has 7 nitrogen and oxygen atoms in total. The summed E-state index contributed by atoms with van der Waals surface area (Å²) in [5.74, 6) is 2.66. The van der Waals surface area contributed by atoms with Gasteiger partial charge in [0.1, 0.15) is 18.4 Å². The van der Waals surface area contributed by atoms with Gasteiger partial charge in [0.05, 0.1) is 6.54 Å². The molecular formula is C31H35N3O4. The fourth-order valence-corrected chi connectivity index (χ4v) is 8.20. The molecule has 3 amide bonds. The van der Waals surface area contributed by atoms with Crippen molar-refractivity contribution >= 4 is 17.7 Å². The normalized spacial score (nSPS) is 31.2. The number of hydrogen-bond donors (Lipinski definition) is 2. The van der Waals surface area contributed by atoms with Crippen LogP contribution in [0.15, 0.2) is 42.5 Å². The topological polar surface area (TPSA) is 87.7 Å². The zero-order chi connectivity index (χ0) is 25.9. The lowest BCUT2D eigenvalue weighted by molar-refractivity contribution is -0.136. The third-order valence-corrected chi connectivity index (χ3v) is 9.84. The second-order valence-corrected chi connectivity index (χ2v) is 12.2. The molecule has 0 aromatic heterocycles. The number of nitrogens with one attached hydrogen (secondary N) is 2. The number of imide groups is 1. The molecule has 4 aliphatic carbocycles. The summed E-state index contributed by atoms with van der Waals surface area (Å²) in [6, 6.07) is 13.5. The third kappa shape index (κ3) is 4.12. The van der Waals surface area contributed by atoms with Gasteiger partial charge in [0.25, 0.3) is 5.91 Å². The van der Waals surface area contributed by atoms with Crippen molar-refractivity contribution in [2.45, 2.75) is 76.1 Å². The summed E-state index contributed by atoms with van der Waals surface area (Å²) in [6.07, 6.45) is 8.80. The Morgan fingerprint density at radius 1 is 0.974 bits per heavy atom. The molecule has 7 heteroatoms. The number of hydrogen-bond acceptors (Lipinski definition) is 5. The molecule has 2 aromatic rings. The van der Waals surface area contributed by atoms with Gasteiger partial charge in [-0.25, -0.2) is 0 Å². The molecule has 5 fully saturated rings. The van der Waals surface area contributed by atoms with Gasteiger partial charge < -0.3 is 15.0 Å². The van der Waals surface area contributed by atoms with Crippen LogP contribution in [0.5, 0.6) is 5.75 Å². The van der Waals surface area contributed by atoms with Crippen molar-refractivity contribution in [3.8, 4) is 5.75 Å². The number of carbonyl (C=O) groups is 3. The molecule has 2 heterocycles. The molecule has 2 N–H and O–H groups in total. The zero-order valence-corrected chi connectivity index (χ0v) is 21.7. The van der Waals surface area contributed by atoms with E-state index in [4.69, 9.17) is 4.74 Å². The molecule has 3 atom stereocenters. The standard InChI is InChI=1S/C31H35N3O4/c35-28-9-8-26(29(36)33-28)34-17-25-24(30(34)37)2-1-3-27(25)38-18-20-6-4-19(5-7-20)10-11-32-31-15-21-12-22(16-31)14-23(31)13-21/h1-7,21-23,26,32H,8-18H2,(H,33,35,36). The van der Waals surface area contributed by atoms with E-state index in [0.717, 1.165) is 41.8 Å². The maximum atomic E-state index is 13.0. The van der Waals surface area contributed by atoms with Gasteiger partial charge >= 0.3 is 0 Å². The van der Waals surface area contributed by atoms with Gasteiger partial charge in [-0.3, -0.25) is 19.7 Å². The Morgan fingerprint density at radius 3 is 2.50 bits per heavy atom. The van der Waals surface area contributed by atoms with Crippen LogP contribution in [0.4, 0.5) is 0 Å². The van der Waals surface area contributed by atoms with E-state index in [1.165, 1.54) is 37.7 Å².